The molecule has 1 saturated carbocycles. The molecule has 1 amide bonds. The molecule has 0 bridgehead atoms. The molecular weight excluding hydrogens is 234 g/mol. The summed E-state index contributed by atoms with van der Waals surface area (Å²) in [6.45, 7) is 6.14. The van der Waals surface area contributed by atoms with Gasteiger partial charge in [-0.2, -0.15) is 0 Å². The van der Waals surface area contributed by atoms with E-state index in [0.29, 0.717) is 6.61 Å². The summed E-state index contributed by atoms with van der Waals surface area (Å²) in [5.74, 6) is -2.05. The minimum absolute atomic E-state index is 0.0293. The summed E-state index contributed by atoms with van der Waals surface area (Å²) in [5, 5.41) is 11.9. The predicted molar refractivity (Wildman–Crippen MR) is 67.1 cm³/mol. The molecule has 1 aliphatic carbocycles. The van der Waals surface area contributed by atoms with Gasteiger partial charge in [-0.1, -0.05) is 27.2 Å². The van der Waals surface area contributed by atoms with Gasteiger partial charge in [0.05, 0.1) is 24.5 Å². The molecule has 0 aliphatic heterocycles. The van der Waals surface area contributed by atoms with Gasteiger partial charge in [-0.05, 0) is 11.8 Å². The molecule has 1 aliphatic rings. The number of nitrogens with one attached hydrogen (secondary N) is 1. The number of rotatable bonds is 7. The van der Waals surface area contributed by atoms with Gasteiger partial charge in [0.1, 0.15) is 0 Å². The number of carboxylic acid groups (broad SMARTS) is 1. The van der Waals surface area contributed by atoms with Gasteiger partial charge in [0.15, 0.2) is 0 Å². The first-order valence-electron chi connectivity index (χ1n) is 6.38. The van der Waals surface area contributed by atoms with Crippen molar-refractivity contribution in [3.8, 4) is 0 Å². The number of methoxy groups -OCH3 is 1. The predicted octanol–water partition coefficient (Wildman–Crippen LogP) is 1.27. The molecule has 0 aromatic heterocycles. The monoisotopic (exact) mass is 257 g/mol. The molecule has 5 nitrogen and oxygen atoms in total. The molecule has 0 aromatic rings. The lowest BCUT2D eigenvalue weighted by Crippen LogP contribution is -2.39. The molecule has 1 unspecified atom stereocenters. The van der Waals surface area contributed by atoms with E-state index in [0.717, 1.165) is 12.8 Å². The maximum atomic E-state index is 12.1. The van der Waals surface area contributed by atoms with Crippen molar-refractivity contribution in [1.29, 1.82) is 0 Å². The zero-order valence-electron chi connectivity index (χ0n) is 11.5. The standard InChI is InChI=1S/C13H23NO4/c1-5-6-8(7-18-4)14-11(15)9-10(12(16)17)13(9,2)3/h8-10H,5-7H2,1-4H3,(H,14,15)(H,16,17)/t8?,9-,10+/m1/s1. The maximum absolute atomic E-state index is 12.1. The average molecular weight is 257 g/mol. The second-order valence-electron chi connectivity index (χ2n) is 5.56. The number of aliphatic carboxylic acids is 1. The van der Waals surface area contributed by atoms with Crippen LogP contribution >= 0.6 is 0 Å². The molecule has 1 fully saturated rings. The van der Waals surface area contributed by atoms with E-state index in [4.69, 9.17) is 9.84 Å². The molecule has 0 saturated heterocycles. The summed E-state index contributed by atoms with van der Waals surface area (Å²) in [5.41, 5.74) is -0.445. The molecule has 18 heavy (non-hydrogen) atoms. The average Bonchev–Trinajstić information content (AvgIpc) is 2.82. The Balaban J connectivity index is 2.58. The van der Waals surface area contributed by atoms with Crippen molar-refractivity contribution < 1.29 is 19.4 Å². The first-order chi connectivity index (χ1) is 8.36. The Morgan fingerprint density at radius 2 is 2.00 bits per heavy atom. The van der Waals surface area contributed by atoms with Gasteiger partial charge in [-0.25, -0.2) is 0 Å². The summed E-state index contributed by atoms with van der Waals surface area (Å²) in [6, 6.07) is -0.0293. The minimum Gasteiger partial charge on any atom is -0.481 e. The van der Waals surface area contributed by atoms with Crippen LogP contribution in [-0.4, -0.2) is 36.7 Å². The molecule has 5 heteroatoms. The first kappa shape index (κ1) is 15.0. The van der Waals surface area contributed by atoms with Gasteiger partial charge in [-0.15, -0.1) is 0 Å². The Hall–Kier alpha value is -1.10. The van der Waals surface area contributed by atoms with Crippen LogP contribution in [0, 0.1) is 17.3 Å². The zero-order chi connectivity index (χ0) is 13.9. The number of hydrogen-bond donors (Lipinski definition) is 2. The third-order valence-electron chi connectivity index (χ3n) is 3.73. The number of carboxylic acids is 1. The topological polar surface area (TPSA) is 75.6 Å². The minimum atomic E-state index is -0.890. The van der Waals surface area contributed by atoms with Crippen molar-refractivity contribution >= 4 is 11.9 Å². The Morgan fingerprint density at radius 1 is 1.39 bits per heavy atom. The highest BCUT2D eigenvalue weighted by Gasteiger charge is 2.65. The van der Waals surface area contributed by atoms with Crippen molar-refractivity contribution in [1.82, 2.24) is 5.32 Å². The van der Waals surface area contributed by atoms with Crippen molar-refractivity contribution in [2.45, 2.75) is 39.7 Å². The van der Waals surface area contributed by atoms with Crippen LogP contribution < -0.4 is 5.32 Å². The Morgan fingerprint density at radius 3 is 2.39 bits per heavy atom. The van der Waals surface area contributed by atoms with Crippen LogP contribution in [0.15, 0.2) is 0 Å². The molecule has 2 N–H and O–H groups in total. The largest absolute Gasteiger partial charge is 0.481 e. The van der Waals surface area contributed by atoms with Crippen LogP contribution in [0.4, 0.5) is 0 Å². The molecule has 0 aromatic carbocycles. The van der Waals surface area contributed by atoms with Gasteiger partial charge < -0.3 is 15.2 Å². The fourth-order valence-electron chi connectivity index (χ4n) is 2.63. The highest BCUT2D eigenvalue weighted by molar-refractivity contribution is 5.91. The van der Waals surface area contributed by atoms with E-state index in [9.17, 15) is 9.59 Å². The van der Waals surface area contributed by atoms with Gasteiger partial charge in [0.25, 0.3) is 0 Å². The SMILES string of the molecule is CCCC(COC)NC(=O)[C@H]1[C@@H](C(=O)O)C1(C)C. The van der Waals surface area contributed by atoms with Crippen LogP contribution in [0.5, 0.6) is 0 Å². The molecule has 0 radical (unpaired) electrons. The third-order valence-corrected chi connectivity index (χ3v) is 3.73. The van der Waals surface area contributed by atoms with E-state index in [-0.39, 0.29) is 11.9 Å². The first-order valence-corrected chi connectivity index (χ1v) is 6.38. The van der Waals surface area contributed by atoms with E-state index in [1.54, 1.807) is 7.11 Å². The number of carbonyl (C=O) groups is 2. The normalized spacial score (nSPS) is 26.4. The summed E-state index contributed by atoms with van der Waals surface area (Å²) < 4.78 is 5.05. The lowest BCUT2D eigenvalue weighted by atomic mass is 10.1. The third kappa shape index (κ3) is 3.02. The number of hydrogen-bond acceptors (Lipinski definition) is 3. The quantitative estimate of drug-likeness (QED) is 0.720. The van der Waals surface area contributed by atoms with Gasteiger partial charge in [0.2, 0.25) is 5.91 Å². The van der Waals surface area contributed by atoms with Crippen molar-refractivity contribution in [2.75, 3.05) is 13.7 Å². The van der Waals surface area contributed by atoms with Gasteiger partial charge in [-0.3, -0.25) is 9.59 Å². The van der Waals surface area contributed by atoms with E-state index in [2.05, 4.69) is 5.32 Å². The van der Waals surface area contributed by atoms with Crippen LogP contribution in [0.1, 0.15) is 33.6 Å². The molecule has 0 spiro atoms. The van der Waals surface area contributed by atoms with Crippen LogP contribution in [-0.2, 0) is 14.3 Å². The summed E-state index contributed by atoms with van der Waals surface area (Å²) >= 11 is 0. The Labute approximate surface area is 108 Å². The van der Waals surface area contributed by atoms with E-state index < -0.39 is 23.2 Å². The molecular formula is C13H23NO4. The molecule has 0 heterocycles. The second-order valence-corrected chi connectivity index (χ2v) is 5.56. The maximum Gasteiger partial charge on any atom is 0.307 e. The van der Waals surface area contributed by atoms with Crippen molar-refractivity contribution in [3.63, 3.8) is 0 Å². The van der Waals surface area contributed by atoms with Crippen LogP contribution in [0.2, 0.25) is 0 Å². The van der Waals surface area contributed by atoms with Crippen molar-refractivity contribution in [3.05, 3.63) is 0 Å². The number of amides is 1. The summed E-state index contributed by atoms with van der Waals surface area (Å²) in [6.07, 6.45) is 1.79. The van der Waals surface area contributed by atoms with Gasteiger partial charge in [0, 0.05) is 7.11 Å². The lowest BCUT2D eigenvalue weighted by Gasteiger charge is -2.17. The molecule has 104 valence electrons. The zero-order valence-corrected chi connectivity index (χ0v) is 11.5. The smallest absolute Gasteiger partial charge is 0.307 e. The fraction of sp³-hybridized carbons (Fsp3) is 0.846. The van der Waals surface area contributed by atoms with E-state index in [1.165, 1.54) is 0 Å². The Bertz CT molecular complexity index is 321. The van der Waals surface area contributed by atoms with Crippen LogP contribution in [0.3, 0.4) is 0 Å². The number of ether oxygens (including phenoxy) is 1. The molecule has 1 rings (SSSR count). The summed E-state index contributed by atoms with van der Waals surface area (Å²) in [4.78, 5) is 23.1. The fourth-order valence-corrected chi connectivity index (χ4v) is 2.63. The second kappa shape index (κ2) is 5.69. The Kier molecular flexibility index (Phi) is 4.73. The number of carbonyl (C=O) groups excluding carboxylic acids is 1. The molecule has 3 atom stereocenters. The van der Waals surface area contributed by atoms with E-state index >= 15 is 0 Å². The van der Waals surface area contributed by atoms with Crippen LogP contribution in [0.25, 0.3) is 0 Å². The highest BCUT2D eigenvalue weighted by atomic mass is 16.5. The van der Waals surface area contributed by atoms with Gasteiger partial charge >= 0.3 is 5.97 Å². The summed E-state index contributed by atoms with van der Waals surface area (Å²) in [7, 11) is 1.59. The highest BCUT2D eigenvalue weighted by Crippen LogP contribution is 2.58. The van der Waals surface area contributed by atoms with Crippen molar-refractivity contribution in [2.24, 2.45) is 17.3 Å². The van der Waals surface area contributed by atoms with E-state index in [1.807, 2.05) is 20.8 Å². The lowest BCUT2D eigenvalue weighted by molar-refractivity contribution is -0.140.